The van der Waals surface area contributed by atoms with Crippen molar-refractivity contribution in [2.24, 2.45) is 11.8 Å². The fourth-order valence-electron chi connectivity index (χ4n) is 2.63. The van der Waals surface area contributed by atoms with Crippen molar-refractivity contribution in [3.05, 3.63) is 23.9 Å². The van der Waals surface area contributed by atoms with Gasteiger partial charge < -0.3 is 9.84 Å². The first kappa shape index (κ1) is 13.8. The van der Waals surface area contributed by atoms with Crippen molar-refractivity contribution in [1.29, 1.82) is 0 Å². The van der Waals surface area contributed by atoms with E-state index in [4.69, 9.17) is 9.84 Å². The largest absolute Gasteiger partial charge is 0.481 e. The minimum absolute atomic E-state index is 0.178. The van der Waals surface area contributed by atoms with Crippen LogP contribution in [0.25, 0.3) is 0 Å². The number of hydrogen-bond acceptors (Lipinski definition) is 4. The van der Waals surface area contributed by atoms with Gasteiger partial charge in [0.05, 0.1) is 18.7 Å². The summed E-state index contributed by atoms with van der Waals surface area (Å²) >= 11 is 0. The molecule has 2 heterocycles. The van der Waals surface area contributed by atoms with Crippen molar-refractivity contribution in [2.75, 3.05) is 20.2 Å². The van der Waals surface area contributed by atoms with Crippen LogP contribution in [0.4, 0.5) is 0 Å². The molecule has 2 atom stereocenters. The molecule has 1 aliphatic rings. The average Bonchev–Trinajstić information content (AvgIpc) is 2.38. The molecule has 0 radical (unpaired) electrons. The zero-order valence-corrected chi connectivity index (χ0v) is 11.4. The minimum atomic E-state index is -0.674. The fraction of sp³-hybridized carbons (Fsp3) is 0.571. The molecular formula is C14H20N2O3. The number of rotatable bonds is 4. The van der Waals surface area contributed by atoms with Gasteiger partial charge in [-0.1, -0.05) is 13.0 Å². The third kappa shape index (κ3) is 3.44. The second-order valence-electron chi connectivity index (χ2n) is 5.12. The van der Waals surface area contributed by atoms with Gasteiger partial charge in [-0.25, -0.2) is 4.98 Å². The van der Waals surface area contributed by atoms with Crippen molar-refractivity contribution in [2.45, 2.75) is 19.9 Å². The summed E-state index contributed by atoms with van der Waals surface area (Å²) in [5.74, 6) is -0.0935. The number of piperidine rings is 1. The molecule has 1 fully saturated rings. The molecule has 0 bridgehead atoms. The second kappa shape index (κ2) is 6.02. The van der Waals surface area contributed by atoms with E-state index in [-0.39, 0.29) is 11.8 Å². The monoisotopic (exact) mass is 264 g/mol. The van der Waals surface area contributed by atoms with E-state index < -0.39 is 5.97 Å². The number of nitrogens with zero attached hydrogens (tertiary/aromatic N) is 2. The average molecular weight is 264 g/mol. The summed E-state index contributed by atoms with van der Waals surface area (Å²) in [6.45, 7) is 4.36. The molecule has 104 valence electrons. The fourth-order valence-corrected chi connectivity index (χ4v) is 2.63. The third-order valence-electron chi connectivity index (χ3n) is 3.68. The number of aromatic nitrogens is 1. The van der Waals surface area contributed by atoms with Gasteiger partial charge in [0.1, 0.15) is 0 Å². The summed E-state index contributed by atoms with van der Waals surface area (Å²) < 4.78 is 5.11. The van der Waals surface area contributed by atoms with Gasteiger partial charge in [-0.05, 0) is 24.9 Å². The molecule has 1 aromatic rings. The smallest absolute Gasteiger partial charge is 0.306 e. The van der Waals surface area contributed by atoms with Crippen molar-refractivity contribution < 1.29 is 14.6 Å². The van der Waals surface area contributed by atoms with Crippen molar-refractivity contribution in [3.63, 3.8) is 0 Å². The summed E-state index contributed by atoms with van der Waals surface area (Å²) in [5.41, 5.74) is 0.959. The molecule has 0 saturated carbocycles. The molecule has 1 aliphatic heterocycles. The Bertz CT molecular complexity index is 450. The third-order valence-corrected chi connectivity index (χ3v) is 3.68. The lowest BCUT2D eigenvalue weighted by Crippen LogP contribution is -2.41. The molecule has 0 amide bonds. The lowest BCUT2D eigenvalue weighted by Gasteiger charge is -2.34. The highest BCUT2D eigenvalue weighted by molar-refractivity contribution is 5.70. The van der Waals surface area contributed by atoms with Crippen molar-refractivity contribution in [1.82, 2.24) is 9.88 Å². The van der Waals surface area contributed by atoms with Crippen LogP contribution in [0.15, 0.2) is 18.2 Å². The van der Waals surface area contributed by atoms with Crippen molar-refractivity contribution >= 4 is 5.97 Å². The number of pyridine rings is 1. The molecule has 1 N–H and O–H groups in total. The second-order valence-corrected chi connectivity index (χ2v) is 5.12. The molecular weight excluding hydrogens is 244 g/mol. The van der Waals surface area contributed by atoms with Gasteiger partial charge in [-0.15, -0.1) is 0 Å². The van der Waals surface area contributed by atoms with Gasteiger partial charge in [-0.2, -0.15) is 0 Å². The molecule has 1 saturated heterocycles. The van der Waals surface area contributed by atoms with E-state index in [1.807, 2.05) is 25.1 Å². The normalized spacial score (nSPS) is 24.1. The standard InChI is InChI=1S/C14H20N2O3/c1-10-8-16(7-6-12(10)14(17)18)9-11-4-3-5-13(15-11)19-2/h3-5,10,12H,6-9H2,1-2H3,(H,17,18). The highest BCUT2D eigenvalue weighted by Gasteiger charge is 2.31. The molecule has 0 aromatic carbocycles. The minimum Gasteiger partial charge on any atom is -0.481 e. The molecule has 5 heteroatoms. The summed E-state index contributed by atoms with van der Waals surface area (Å²) in [7, 11) is 1.60. The lowest BCUT2D eigenvalue weighted by atomic mass is 9.87. The Morgan fingerprint density at radius 3 is 3.00 bits per heavy atom. The van der Waals surface area contributed by atoms with E-state index in [9.17, 15) is 4.79 Å². The van der Waals surface area contributed by atoms with E-state index in [0.717, 1.165) is 25.3 Å². The first-order chi connectivity index (χ1) is 9.10. The van der Waals surface area contributed by atoms with Gasteiger partial charge in [-0.3, -0.25) is 9.69 Å². The Morgan fingerprint density at radius 2 is 2.37 bits per heavy atom. The topological polar surface area (TPSA) is 62.7 Å². The number of carboxylic acid groups (broad SMARTS) is 1. The molecule has 0 aliphatic carbocycles. The first-order valence-corrected chi connectivity index (χ1v) is 6.55. The van der Waals surface area contributed by atoms with Crippen LogP contribution in [-0.4, -0.2) is 41.2 Å². The quantitative estimate of drug-likeness (QED) is 0.895. The molecule has 0 spiro atoms. The van der Waals surface area contributed by atoms with Gasteiger partial charge in [0.2, 0.25) is 5.88 Å². The van der Waals surface area contributed by atoms with Crippen LogP contribution in [0.1, 0.15) is 19.0 Å². The van der Waals surface area contributed by atoms with Crippen LogP contribution in [0.2, 0.25) is 0 Å². The maximum Gasteiger partial charge on any atom is 0.306 e. The number of likely N-dealkylation sites (tertiary alicyclic amines) is 1. The Morgan fingerprint density at radius 1 is 1.58 bits per heavy atom. The van der Waals surface area contributed by atoms with E-state index in [1.165, 1.54) is 0 Å². The lowest BCUT2D eigenvalue weighted by molar-refractivity contribution is -0.145. The summed E-state index contributed by atoms with van der Waals surface area (Å²) in [5, 5.41) is 9.11. The highest BCUT2D eigenvalue weighted by atomic mass is 16.5. The summed E-state index contributed by atoms with van der Waals surface area (Å²) in [6, 6.07) is 5.72. The number of methoxy groups -OCH3 is 1. The van der Waals surface area contributed by atoms with E-state index in [1.54, 1.807) is 7.11 Å². The molecule has 1 aromatic heterocycles. The Kier molecular flexibility index (Phi) is 4.37. The van der Waals surface area contributed by atoms with E-state index in [0.29, 0.717) is 12.3 Å². The zero-order valence-electron chi connectivity index (χ0n) is 11.4. The molecule has 5 nitrogen and oxygen atoms in total. The van der Waals surface area contributed by atoms with E-state index in [2.05, 4.69) is 9.88 Å². The zero-order chi connectivity index (χ0) is 13.8. The van der Waals surface area contributed by atoms with Gasteiger partial charge in [0, 0.05) is 19.2 Å². The van der Waals surface area contributed by atoms with Crippen LogP contribution >= 0.6 is 0 Å². The summed E-state index contributed by atoms with van der Waals surface area (Å²) in [4.78, 5) is 17.7. The molecule has 2 rings (SSSR count). The van der Waals surface area contributed by atoms with Gasteiger partial charge in [0.15, 0.2) is 0 Å². The van der Waals surface area contributed by atoms with Crippen LogP contribution in [0.3, 0.4) is 0 Å². The maximum absolute atomic E-state index is 11.1. The number of ether oxygens (including phenoxy) is 1. The van der Waals surface area contributed by atoms with E-state index >= 15 is 0 Å². The van der Waals surface area contributed by atoms with Gasteiger partial charge >= 0.3 is 5.97 Å². The van der Waals surface area contributed by atoms with Crippen LogP contribution in [0.5, 0.6) is 5.88 Å². The van der Waals surface area contributed by atoms with Gasteiger partial charge in [0.25, 0.3) is 0 Å². The van der Waals surface area contributed by atoms with Crippen molar-refractivity contribution in [3.8, 4) is 5.88 Å². The molecule has 19 heavy (non-hydrogen) atoms. The van der Waals surface area contributed by atoms with Crippen LogP contribution in [-0.2, 0) is 11.3 Å². The number of hydrogen-bond donors (Lipinski definition) is 1. The number of carboxylic acids is 1. The first-order valence-electron chi connectivity index (χ1n) is 6.55. The molecule has 2 unspecified atom stereocenters. The maximum atomic E-state index is 11.1. The van der Waals surface area contributed by atoms with Crippen LogP contribution in [0, 0.1) is 11.8 Å². The predicted molar refractivity (Wildman–Crippen MR) is 71.0 cm³/mol. The number of carbonyl (C=O) groups is 1. The Hall–Kier alpha value is -1.62. The number of aliphatic carboxylic acids is 1. The van der Waals surface area contributed by atoms with Crippen LogP contribution < -0.4 is 4.74 Å². The highest BCUT2D eigenvalue weighted by Crippen LogP contribution is 2.24. The predicted octanol–water partition coefficient (Wildman–Crippen LogP) is 1.63. The Balaban J connectivity index is 1.95. The SMILES string of the molecule is COc1cccc(CN2CCC(C(=O)O)C(C)C2)n1. The summed E-state index contributed by atoms with van der Waals surface area (Å²) in [6.07, 6.45) is 0.709. The Labute approximate surface area is 113 Å².